The third kappa shape index (κ3) is 6.93. The Labute approximate surface area is 200 Å². The van der Waals surface area contributed by atoms with Crippen molar-refractivity contribution in [2.75, 3.05) is 39.9 Å². The Hall–Kier alpha value is -1.17. The molecule has 3 rings (SSSR count). The second-order valence-electron chi connectivity index (χ2n) is 7.22. The smallest absolute Gasteiger partial charge is 0.236 e. The number of aliphatic imine (C=N–C) groups is 1. The molecule has 168 valence electrons. The van der Waals surface area contributed by atoms with Crippen molar-refractivity contribution in [3.8, 4) is 10.8 Å². The molecule has 2 N–H and O–H groups in total. The molecule has 7 nitrogen and oxygen atoms in total. The van der Waals surface area contributed by atoms with Crippen LogP contribution in [-0.4, -0.2) is 61.8 Å². The van der Waals surface area contributed by atoms with Crippen molar-refractivity contribution in [1.82, 2.24) is 20.5 Å². The predicted molar refractivity (Wildman–Crippen MR) is 134 cm³/mol. The maximum atomic E-state index is 5.59. The largest absolute Gasteiger partial charge is 0.443 e. The summed E-state index contributed by atoms with van der Waals surface area (Å²) in [5, 5.41) is 8.90. The molecule has 2 aromatic rings. The lowest BCUT2D eigenvalue weighted by Gasteiger charge is -2.39. The van der Waals surface area contributed by atoms with Gasteiger partial charge in [-0.1, -0.05) is 32.8 Å². The topological polar surface area (TPSA) is 74.9 Å². The quantitative estimate of drug-likeness (QED) is 0.283. The maximum absolute atomic E-state index is 5.59. The summed E-state index contributed by atoms with van der Waals surface area (Å²) in [6, 6.07) is 4.49. The highest BCUT2D eigenvalue weighted by atomic mass is 127. The molecular formula is C21H34IN5O2S. The zero-order valence-corrected chi connectivity index (χ0v) is 21.2. The van der Waals surface area contributed by atoms with Crippen LogP contribution in [0.25, 0.3) is 10.8 Å². The molecule has 1 aliphatic heterocycles. The van der Waals surface area contributed by atoms with Crippen LogP contribution < -0.4 is 10.6 Å². The van der Waals surface area contributed by atoms with Crippen LogP contribution in [0.1, 0.15) is 32.4 Å². The minimum atomic E-state index is 0. The minimum Gasteiger partial charge on any atom is -0.443 e. The van der Waals surface area contributed by atoms with Crippen molar-refractivity contribution in [2.45, 2.75) is 39.3 Å². The fourth-order valence-corrected chi connectivity index (χ4v) is 4.49. The van der Waals surface area contributed by atoms with E-state index >= 15 is 0 Å². The summed E-state index contributed by atoms with van der Waals surface area (Å²) in [6.45, 7) is 9.64. The van der Waals surface area contributed by atoms with Crippen LogP contribution in [0, 0.1) is 5.92 Å². The van der Waals surface area contributed by atoms with E-state index in [4.69, 9.17) is 9.15 Å². The Morgan fingerprint density at radius 2 is 2.03 bits per heavy atom. The average Bonchev–Trinajstić information content (AvgIpc) is 3.45. The van der Waals surface area contributed by atoms with E-state index in [2.05, 4.69) is 39.4 Å². The highest BCUT2D eigenvalue weighted by Gasteiger charge is 2.27. The summed E-state index contributed by atoms with van der Waals surface area (Å²) in [6.07, 6.45) is 4.06. The molecular weight excluding hydrogens is 513 g/mol. The van der Waals surface area contributed by atoms with E-state index in [-0.39, 0.29) is 24.0 Å². The van der Waals surface area contributed by atoms with E-state index in [0.29, 0.717) is 24.4 Å². The van der Waals surface area contributed by atoms with Crippen molar-refractivity contribution in [3.05, 3.63) is 29.5 Å². The van der Waals surface area contributed by atoms with Gasteiger partial charge < -0.3 is 19.8 Å². The van der Waals surface area contributed by atoms with Crippen LogP contribution in [0.5, 0.6) is 0 Å². The summed E-state index contributed by atoms with van der Waals surface area (Å²) < 4.78 is 11.1. The second kappa shape index (κ2) is 13.3. The highest BCUT2D eigenvalue weighted by molar-refractivity contribution is 14.0. The van der Waals surface area contributed by atoms with Crippen molar-refractivity contribution < 1.29 is 9.15 Å². The first-order valence-corrected chi connectivity index (χ1v) is 11.4. The molecule has 2 aromatic heterocycles. The Bertz CT molecular complexity index is 742. The molecule has 0 aromatic carbocycles. The molecule has 0 amide bonds. The minimum absolute atomic E-state index is 0. The number of aromatic nitrogens is 1. The van der Waals surface area contributed by atoms with Gasteiger partial charge >= 0.3 is 0 Å². The maximum Gasteiger partial charge on any atom is 0.236 e. The number of thiophene rings is 1. The number of hydrogen-bond acceptors (Lipinski definition) is 6. The molecule has 0 aliphatic carbocycles. The van der Waals surface area contributed by atoms with Gasteiger partial charge in [0.25, 0.3) is 0 Å². The number of oxazole rings is 1. The fourth-order valence-electron chi connectivity index (χ4n) is 3.83. The molecule has 30 heavy (non-hydrogen) atoms. The highest BCUT2D eigenvalue weighted by Crippen LogP contribution is 2.23. The van der Waals surface area contributed by atoms with Gasteiger partial charge in [-0.25, -0.2) is 4.98 Å². The first-order valence-electron chi connectivity index (χ1n) is 10.5. The van der Waals surface area contributed by atoms with Crippen LogP contribution in [-0.2, 0) is 11.3 Å². The fraction of sp³-hybridized carbons (Fsp3) is 0.619. The normalized spacial score (nSPS) is 16.3. The van der Waals surface area contributed by atoms with Crippen molar-refractivity contribution >= 4 is 41.3 Å². The van der Waals surface area contributed by atoms with Gasteiger partial charge in [-0.3, -0.25) is 9.89 Å². The Morgan fingerprint density at radius 3 is 2.67 bits per heavy atom. The number of morpholine rings is 1. The molecule has 3 heterocycles. The first-order chi connectivity index (χ1) is 14.2. The summed E-state index contributed by atoms with van der Waals surface area (Å²) in [5.41, 5.74) is 0.862. The van der Waals surface area contributed by atoms with Crippen molar-refractivity contribution in [1.29, 1.82) is 0 Å². The molecule has 0 saturated carbocycles. The Morgan fingerprint density at radius 1 is 1.27 bits per heavy atom. The van der Waals surface area contributed by atoms with Crippen LogP contribution in [0.2, 0.25) is 0 Å². The van der Waals surface area contributed by atoms with E-state index in [9.17, 15) is 0 Å². The summed E-state index contributed by atoms with van der Waals surface area (Å²) in [7, 11) is 1.80. The van der Waals surface area contributed by atoms with Crippen LogP contribution >= 0.6 is 35.3 Å². The zero-order valence-electron chi connectivity index (χ0n) is 18.1. The Kier molecular flexibility index (Phi) is 11.1. The van der Waals surface area contributed by atoms with E-state index in [1.54, 1.807) is 24.6 Å². The SMILES string of the molecule is CCC(CC)C(CNC(=NC)NCc1coc(-c2cccs2)n1)N1CCOCC1.I. The lowest BCUT2D eigenvalue weighted by molar-refractivity contribution is 0.00272. The standard InChI is InChI=1S/C21H33N5O2S.HI/c1-4-16(5-2)18(26-8-10-27-11-9-26)14-24-21(22-3)23-13-17-15-28-20(25-17)19-7-6-12-29-19;/h6-7,12,15-16,18H,4-5,8-11,13-14H2,1-3H3,(H2,22,23,24);1H. The molecule has 1 unspecified atom stereocenters. The van der Waals surface area contributed by atoms with E-state index in [1.807, 2.05) is 17.5 Å². The van der Waals surface area contributed by atoms with E-state index in [1.165, 1.54) is 12.8 Å². The second-order valence-corrected chi connectivity index (χ2v) is 8.17. The monoisotopic (exact) mass is 547 g/mol. The third-order valence-corrected chi connectivity index (χ3v) is 6.39. The molecule has 1 aliphatic rings. The number of hydrogen-bond donors (Lipinski definition) is 2. The van der Waals surface area contributed by atoms with Gasteiger partial charge in [-0.05, 0) is 17.4 Å². The number of nitrogens with one attached hydrogen (secondary N) is 2. The molecule has 9 heteroatoms. The van der Waals surface area contributed by atoms with Crippen molar-refractivity contribution in [3.63, 3.8) is 0 Å². The number of rotatable bonds is 9. The molecule has 1 saturated heterocycles. The van der Waals surface area contributed by atoms with Gasteiger partial charge in [0.2, 0.25) is 5.89 Å². The van der Waals surface area contributed by atoms with Gasteiger partial charge in [0.05, 0.1) is 30.3 Å². The number of nitrogens with zero attached hydrogens (tertiary/aromatic N) is 3. The van der Waals surface area contributed by atoms with Crippen LogP contribution in [0.3, 0.4) is 0 Å². The number of halogens is 1. The summed E-state index contributed by atoms with van der Waals surface area (Å²) in [5.74, 6) is 2.11. The Balaban J connectivity index is 0.00000320. The lowest BCUT2D eigenvalue weighted by atomic mass is 9.92. The summed E-state index contributed by atoms with van der Waals surface area (Å²) >= 11 is 1.62. The van der Waals surface area contributed by atoms with Gasteiger partial charge in [-0.2, -0.15) is 0 Å². The molecule has 0 bridgehead atoms. The number of ether oxygens (including phenoxy) is 1. The van der Waals surface area contributed by atoms with Crippen LogP contribution in [0.15, 0.2) is 33.2 Å². The lowest BCUT2D eigenvalue weighted by Crippen LogP contribution is -2.53. The zero-order chi connectivity index (χ0) is 20.5. The predicted octanol–water partition coefficient (Wildman–Crippen LogP) is 3.82. The molecule has 1 atom stereocenters. The molecule has 0 spiro atoms. The van der Waals surface area contributed by atoms with Gasteiger partial charge in [0.1, 0.15) is 6.26 Å². The third-order valence-electron chi connectivity index (χ3n) is 5.53. The summed E-state index contributed by atoms with van der Waals surface area (Å²) in [4.78, 5) is 12.5. The van der Waals surface area contributed by atoms with E-state index < -0.39 is 0 Å². The van der Waals surface area contributed by atoms with Gasteiger partial charge in [0, 0.05) is 32.7 Å². The van der Waals surface area contributed by atoms with Gasteiger partial charge in [0.15, 0.2) is 5.96 Å². The first kappa shape index (κ1) is 25.1. The van der Waals surface area contributed by atoms with Crippen molar-refractivity contribution in [2.24, 2.45) is 10.9 Å². The van der Waals surface area contributed by atoms with Crippen LogP contribution in [0.4, 0.5) is 0 Å². The molecule has 1 fully saturated rings. The van der Waals surface area contributed by atoms with Gasteiger partial charge in [-0.15, -0.1) is 35.3 Å². The number of guanidine groups is 1. The average molecular weight is 548 g/mol. The molecule has 0 radical (unpaired) electrons. The van der Waals surface area contributed by atoms with E-state index in [0.717, 1.165) is 49.4 Å².